The van der Waals surface area contributed by atoms with Crippen LogP contribution in [0, 0.1) is 0 Å². The fourth-order valence-corrected chi connectivity index (χ4v) is 0.962. The molecule has 0 bridgehead atoms. The Morgan fingerprint density at radius 3 is 2.33 bits per heavy atom. The van der Waals surface area contributed by atoms with Gasteiger partial charge in [-0.1, -0.05) is 13.3 Å². The van der Waals surface area contributed by atoms with E-state index in [0.29, 0.717) is 6.42 Å². The fourth-order valence-electron chi connectivity index (χ4n) is 0.584. The van der Waals surface area contributed by atoms with Gasteiger partial charge < -0.3 is 10.3 Å². The maximum atomic E-state index is 10.4. The molecule has 0 aromatic carbocycles. The number of rotatable bonds is 3. The second kappa shape index (κ2) is 3.29. The van der Waals surface area contributed by atoms with E-state index in [1.165, 1.54) is 0 Å². The molecule has 0 heterocycles. The molecule has 0 rings (SSSR count). The van der Waals surface area contributed by atoms with Gasteiger partial charge in [0.2, 0.25) is 0 Å². The third-order valence-corrected chi connectivity index (χ3v) is 2.15. The average molecular weight is 151 g/mol. The smallest absolute Gasteiger partial charge is 0.173 e. The molecule has 0 aromatic heterocycles. The van der Waals surface area contributed by atoms with Gasteiger partial charge in [0.25, 0.3) is 0 Å². The molecule has 0 amide bonds. The van der Waals surface area contributed by atoms with Gasteiger partial charge in [-0.3, -0.25) is 0 Å². The average Bonchev–Trinajstić information content (AvgIpc) is 1.65. The summed E-state index contributed by atoms with van der Waals surface area (Å²) in [6.07, 6.45) is 1.41. The second-order valence-corrected chi connectivity index (χ2v) is 3.74. The van der Waals surface area contributed by atoms with Crippen molar-refractivity contribution in [1.82, 2.24) is 0 Å². The summed E-state index contributed by atoms with van der Waals surface area (Å²) in [6, 6.07) is 0. The molecule has 0 saturated carbocycles. The molecule has 0 aliphatic heterocycles. The molecule has 9 heavy (non-hydrogen) atoms. The van der Waals surface area contributed by atoms with Gasteiger partial charge in [-0.15, -0.1) is 0 Å². The summed E-state index contributed by atoms with van der Waals surface area (Å²) >= 11 is -1.90. The molecule has 2 atom stereocenters. The van der Waals surface area contributed by atoms with E-state index >= 15 is 0 Å². The van der Waals surface area contributed by atoms with Crippen LogP contribution in [0.4, 0.5) is 0 Å². The Balaban J connectivity index is 3.85. The summed E-state index contributed by atoms with van der Waals surface area (Å²) in [7, 11) is 0. The molecule has 0 aromatic rings. The van der Waals surface area contributed by atoms with Crippen LogP contribution in [0.25, 0.3) is 0 Å². The monoisotopic (exact) mass is 151 g/mol. The molecule has 0 aliphatic rings. The molecule has 0 radical (unpaired) electrons. The zero-order valence-electron chi connectivity index (χ0n) is 5.76. The van der Waals surface area contributed by atoms with E-state index in [1.807, 2.05) is 6.92 Å². The van der Waals surface area contributed by atoms with Crippen LogP contribution in [-0.4, -0.2) is 13.6 Å². The maximum Gasteiger partial charge on any atom is 0.173 e. The first-order valence-corrected chi connectivity index (χ1v) is 4.01. The normalized spacial score (nSPS) is 20.9. The number of hydrogen-bond donors (Lipinski definition) is 2. The highest BCUT2D eigenvalue weighted by Crippen LogP contribution is 2.10. The lowest BCUT2D eigenvalue weighted by molar-refractivity contribution is 0.486. The van der Waals surface area contributed by atoms with Crippen molar-refractivity contribution in [2.75, 3.05) is 0 Å². The van der Waals surface area contributed by atoms with Crippen LogP contribution >= 0.6 is 0 Å². The minimum atomic E-state index is -1.90. The summed E-state index contributed by atoms with van der Waals surface area (Å²) in [4.78, 5) is -0.922. The van der Waals surface area contributed by atoms with Crippen molar-refractivity contribution in [3.05, 3.63) is 0 Å². The first kappa shape index (κ1) is 9.07. The van der Waals surface area contributed by atoms with Crippen molar-refractivity contribution in [3.63, 3.8) is 0 Å². The van der Waals surface area contributed by atoms with Crippen LogP contribution in [0.3, 0.4) is 0 Å². The van der Waals surface area contributed by atoms with Gasteiger partial charge in [-0.25, -0.2) is 4.21 Å². The summed E-state index contributed by atoms with van der Waals surface area (Å²) in [5, 5.41) is 0. The SMILES string of the molecule is CCCC(C)(N)S(=O)O. The molecular weight excluding hydrogens is 138 g/mol. The topological polar surface area (TPSA) is 63.3 Å². The molecule has 3 nitrogen and oxygen atoms in total. The first-order chi connectivity index (χ1) is 4.00. The lowest BCUT2D eigenvalue weighted by Crippen LogP contribution is -2.40. The number of hydrogen-bond acceptors (Lipinski definition) is 2. The summed E-state index contributed by atoms with van der Waals surface area (Å²) in [5.74, 6) is 0. The van der Waals surface area contributed by atoms with Crippen molar-refractivity contribution in [2.45, 2.75) is 31.6 Å². The Kier molecular flexibility index (Phi) is 3.32. The van der Waals surface area contributed by atoms with E-state index in [1.54, 1.807) is 6.92 Å². The molecule has 0 saturated heterocycles. The van der Waals surface area contributed by atoms with Gasteiger partial charge >= 0.3 is 0 Å². The van der Waals surface area contributed by atoms with Crippen LogP contribution < -0.4 is 5.73 Å². The fraction of sp³-hybridized carbons (Fsp3) is 1.00. The Hall–Kier alpha value is 0.0700. The number of nitrogens with two attached hydrogens (primary N) is 1. The highest BCUT2D eigenvalue weighted by Gasteiger charge is 2.23. The molecule has 56 valence electrons. The predicted octanol–water partition coefficient (Wildman–Crippen LogP) is 0.683. The van der Waals surface area contributed by atoms with Crippen molar-refractivity contribution >= 4 is 11.1 Å². The van der Waals surface area contributed by atoms with Gasteiger partial charge in [0.05, 0.1) is 0 Å². The van der Waals surface area contributed by atoms with Crippen LogP contribution in [0.2, 0.25) is 0 Å². The van der Waals surface area contributed by atoms with Crippen molar-refractivity contribution in [2.24, 2.45) is 5.73 Å². The van der Waals surface area contributed by atoms with Gasteiger partial charge in [-0.05, 0) is 13.3 Å². The Morgan fingerprint density at radius 1 is 1.78 bits per heavy atom. The van der Waals surface area contributed by atoms with E-state index in [0.717, 1.165) is 6.42 Å². The third-order valence-electron chi connectivity index (χ3n) is 1.15. The van der Waals surface area contributed by atoms with E-state index < -0.39 is 16.0 Å². The van der Waals surface area contributed by atoms with Crippen molar-refractivity contribution < 1.29 is 8.76 Å². The standard InChI is InChI=1S/C5H13NO2S/c1-3-4-5(2,6)9(7)8/h3-4,6H2,1-2H3,(H,7,8). The second-order valence-electron chi connectivity index (χ2n) is 2.31. The minimum absolute atomic E-state index is 0.579. The van der Waals surface area contributed by atoms with Crippen LogP contribution in [0.5, 0.6) is 0 Å². The van der Waals surface area contributed by atoms with Gasteiger partial charge in [0, 0.05) is 0 Å². The highest BCUT2D eigenvalue weighted by molar-refractivity contribution is 7.80. The quantitative estimate of drug-likeness (QED) is 0.583. The minimum Gasteiger partial charge on any atom is -0.313 e. The third kappa shape index (κ3) is 2.93. The summed E-state index contributed by atoms with van der Waals surface area (Å²) < 4.78 is 19.0. The lowest BCUT2D eigenvalue weighted by atomic mass is 10.2. The molecule has 4 heteroatoms. The molecule has 2 unspecified atom stereocenters. The largest absolute Gasteiger partial charge is 0.313 e. The first-order valence-electron chi connectivity index (χ1n) is 2.90. The summed E-state index contributed by atoms with van der Waals surface area (Å²) in [5.41, 5.74) is 5.42. The van der Waals surface area contributed by atoms with Crippen molar-refractivity contribution in [1.29, 1.82) is 0 Å². The molecule has 0 spiro atoms. The lowest BCUT2D eigenvalue weighted by Gasteiger charge is -2.17. The molecule has 0 aliphatic carbocycles. The van der Waals surface area contributed by atoms with E-state index in [2.05, 4.69) is 0 Å². The van der Waals surface area contributed by atoms with Crippen LogP contribution in [0.1, 0.15) is 26.7 Å². The van der Waals surface area contributed by atoms with Crippen LogP contribution in [-0.2, 0) is 11.1 Å². The summed E-state index contributed by atoms with van der Waals surface area (Å²) in [6.45, 7) is 3.50. The highest BCUT2D eigenvalue weighted by atomic mass is 32.2. The van der Waals surface area contributed by atoms with Crippen LogP contribution in [0.15, 0.2) is 0 Å². The van der Waals surface area contributed by atoms with E-state index in [-0.39, 0.29) is 0 Å². The molecule has 3 N–H and O–H groups in total. The zero-order valence-corrected chi connectivity index (χ0v) is 6.57. The Morgan fingerprint density at radius 2 is 2.22 bits per heavy atom. The zero-order chi connectivity index (χ0) is 7.49. The molecular formula is C5H13NO2S. The van der Waals surface area contributed by atoms with Gasteiger partial charge in [-0.2, -0.15) is 0 Å². The van der Waals surface area contributed by atoms with Gasteiger partial charge in [0.15, 0.2) is 11.1 Å². The van der Waals surface area contributed by atoms with Gasteiger partial charge in [0.1, 0.15) is 4.87 Å². The maximum absolute atomic E-state index is 10.4. The molecule has 0 fully saturated rings. The van der Waals surface area contributed by atoms with E-state index in [9.17, 15) is 4.21 Å². The Bertz CT molecular complexity index is 114. The van der Waals surface area contributed by atoms with E-state index in [4.69, 9.17) is 10.3 Å². The Labute approximate surface area is 57.9 Å². The predicted molar refractivity (Wildman–Crippen MR) is 38.3 cm³/mol. The van der Waals surface area contributed by atoms with Crippen molar-refractivity contribution in [3.8, 4) is 0 Å².